The molecule has 2 N–H and O–H groups in total. The zero-order valence-electron chi connectivity index (χ0n) is 16.0. The number of nitrogens with zero attached hydrogens (tertiary/aromatic N) is 2. The van der Waals surface area contributed by atoms with E-state index in [0.29, 0.717) is 18.7 Å². The van der Waals surface area contributed by atoms with E-state index in [1.165, 1.54) is 5.56 Å². The van der Waals surface area contributed by atoms with Gasteiger partial charge in [-0.1, -0.05) is 19.1 Å². The van der Waals surface area contributed by atoms with E-state index in [1.807, 2.05) is 16.8 Å². The van der Waals surface area contributed by atoms with Gasteiger partial charge in [0.2, 0.25) is 0 Å². The number of ether oxygens (including phenoxy) is 1. The molecule has 1 aliphatic heterocycles. The van der Waals surface area contributed by atoms with Crippen molar-refractivity contribution in [2.45, 2.75) is 51.0 Å². The first kappa shape index (κ1) is 18.7. The van der Waals surface area contributed by atoms with Gasteiger partial charge in [0.05, 0.1) is 24.3 Å². The summed E-state index contributed by atoms with van der Waals surface area (Å²) in [4.78, 5) is 24.3. The van der Waals surface area contributed by atoms with Crippen LogP contribution in [0.25, 0.3) is 5.69 Å². The molecule has 1 aromatic heterocycles. The Balaban J connectivity index is 1.64. The van der Waals surface area contributed by atoms with E-state index in [-0.39, 0.29) is 18.9 Å². The molecule has 1 unspecified atom stereocenters. The number of fused-ring (bicyclic) bond motifs is 1. The minimum Gasteiger partial charge on any atom is -0.481 e. The Morgan fingerprint density at radius 2 is 2.07 bits per heavy atom. The number of carboxylic acid groups (broad SMARTS) is 1. The fourth-order valence-electron chi connectivity index (χ4n) is 4.19. The lowest BCUT2D eigenvalue weighted by atomic mass is 9.94. The summed E-state index contributed by atoms with van der Waals surface area (Å²) >= 11 is 0. The molecule has 0 saturated carbocycles. The lowest BCUT2D eigenvalue weighted by Crippen LogP contribution is -2.50. The van der Waals surface area contributed by atoms with Crippen LogP contribution in [-0.2, 0) is 28.8 Å². The van der Waals surface area contributed by atoms with Crippen LogP contribution in [-0.4, -0.2) is 45.5 Å². The van der Waals surface area contributed by atoms with Crippen LogP contribution in [0.5, 0.6) is 0 Å². The van der Waals surface area contributed by atoms with Gasteiger partial charge in [0.15, 0.2) is 5.69 Å². The molecule has 1 aliphatic carbocycles. The largest absolute Gasteiger partial charge is 0.481 e. The van der Waals surface area contributed by atoms with Crippen molar-refractivity contribution in [1.29, 1.82) is 0 Å². The van der Waals surface area contributed by atoms with Crippen molar-refractivity contribution in [2.75, 3.05) is 13.2 Å². The van der Waals surface area contributed by atoms with Crippen LogP contribution in [0.2, 0.25) is 0 Å². The van der Waals surface area contributed by atoms with E-state index in [2.05, 4.69) is 29.5 Å². The van der Waals surface area contributed by atoms with Crippen LogP contribution in [0.1, 0.15) is 53.5 Å². The summed E-state index contributed by atoms with van der Waals surface area (Å²) in [7, 11) is 0. The second-order valence-electron chi connectivity index (χ2n) is 7.67. The number of rotatable bonds is 6. The Hall–Kier alpha value is -2.67. The number of aromatic nitrogens is 2. The third-order valence-corrected chi connectivity index (χ3v) is 5.71. The van der Waals surface area contributed by atoms with Gasteiger partial charge in [0.25, 0.3) is 5.91 Å². The molecule has 0 radical (unpaired) electrons. The molecule has 7 nitrogen and oxygen atoms in total. The summed E-state index contributed by atoms with van der Waals surface area (Å²) < 4.78 is 7.25. The first-order valence-electron chi connectivity index (χ1n) is 9.83. The quantitative estimate of drug-likeness (QED) is 0.798. The van der Waals surface area contributed by atoms with E-state index in [0.717, 1.165) is 42.6 Å². The Morgan fingerprint density at radius 1 is 1.29 bits per heavy atom. The average Bonchev–Trinajstić information content (AvgIpc) is 3.38. The summed E-state index contributed by atoms with van der Waals surface area (Å²) in [6.45, 7) is 2.78. The maximum Gasteiger partial charge on any atom is 0.305 e. The maximum absolute atomic E-state index is 13.1. The van der Waals surface area contributed by atoms with Gasteiger partial charge in [-0.15, -0.1) is 0 Å². The van der Waals surface area contributed by atoms with Crippen molar-refractivity contribution in [3.05, 3.63) is 46.8 Å². The van der Waals surface area contributed by atoms with E-state index in [4.69, 9.17) is 4.74 Å². The minimum atomic E-state index is -0.947. The predicted molar refractivity (Wildman–Crippen MR) is 103 cm³/mol. The number of amides is 1. The SMILES string of the molecule is CCc1ccc(-n2nc(C(=O)NC3(CC(=O)O)CCOC3)c3c2CCC3)cc1. The first-order valence-corrected chi connectivity index (χ1v) is 9.83. The smallest absolute Gasteiger partial charge is 0.305 e. The number of benzene rings is 1. The molecule has 148 valence electrons. The topological polar surface area (TPSA) is 93.5 Å². The van der Waals surface area contributed by atoms with Gasteiger partial charge in [-0.2, -0.15) is 5.10 Å². The number of aliphatic carboxylic acids is 1. The highest BCUT2D eigenvalue weighted by molar-refractivity contribution is 5.95. The lowest BCUT2D eigenvalue weighted by Gasteiger charge is -2.26. The standard InChI is InChI=1S/C21H25N3O4/c1-2-14-6-8-15(9-7-14)24-17-5-3-4-16(17)19(23-24)20(27)22-21(12-18(25)26)10-11-28-13-21/h6-9H,2-5,10-13H2,1H3,(H,22,27)(H,25,26). The molecule has 0 spiro atoms. The molecule has 1 amide bonds. The summed E-state index contributed by atoms with van der Waals surface area (Å²) in [5.41, 5.74) is 3.79. The first-order chi connectivity index (χ1) is 13.5. The number of hydrogen-bond donors (Lipinski definition) is 2. The van der Waals surface area contributed by atoms with Crippen LogP contribution < -0.4 is 5.32 Å². The number of carbonyl (C=O) groups excluding carboxylic acids is 1. The van der Waals surface area contributed by atoms with Gasteiger partial charge in [-0.3, -0.25) is 9.59 Å². The molecule has 2 heterocycles. The number of aryl methyl sites for hydroxylation is 1. The summed E-state index contributed by atoms with van der Waals surface area (Å²) in [6.07, 6.45) is 4.00. The highest BCUT2D eigenvalue weighted by Crippen LogP contribution is 2.29. The minimum absolute atomic E-state index is 0.153. The zero-order chi connectivity index (χ0) is 19.7. The monoisotopic (exact) mass is 383 g/mol. The van der Waals surface area contributed by atoms with Crippen LogP contribution in [0.3, 0.4) is 0 Å². The molecule has 1 saturated heterocycles. The predicted octanol–water partition coefficient (Wildman–Crippen LogP) is 2.29. The molecule has 1 atom stereocenters. The molecule has 28 heavy (non-hydrogen) atoms. The third-order valence-electron chi connectivity index (χ3n) is 5.71. The molecule has 2 aliphatic rings. The molecule has 2 aromatic rings. The van der Waals surface area contributed by atoms with E-state index >= 15 is 0 Å². The van der Waals surface area contributed by atoms with Crippen molar-refractivity contribution >= 4 is 11.9 Å². The highest BCUT2D eigenvalue weighted by atomic mass is 16.5. The molecule has 1 aromatic carbocycles. The Morgan fingerprint density at radius 3 is 2.71 bits per heavy atom. The van der Waals surface area contributed by atoms with E-state index in [9.17, 15) is 14.7 Å². The molecule has 7 heteroatoms. The highest BCUT2D eigenvalue weighted by Gasteiger charge is 2.40. The lowest BCUT2D eigenvalue weighted by molar-refractivity contribution is -0.138. The summed E-state index contributed by atoms with van der Waals surface area (Å²) in [5.74, 6) is -1.26. The molecule has 0 bridgehead atoms. The second-order valence-corrected chi connectivity index (χ2v) is 7.67. The van der Waals surface area contributed by atoms with Crippen molar-refractivity contribution in [3.8, 4) is 5.69 Å². The number of carbonyl (C=O) groups is 2. The third kappa shape index (κ3) is 3.42. The molecular formula is C21H25N3O4. The van der Waals surface area contributed by atoms with Crippen LogP contribution in [0, 0.1) is 0 Å². The fourth-order valence-corrected chi connectivity index (χ4v) is 4.19. The van der Waals surface area contributed by atoms with Gasteiger partial charge in [-0.25, -0.2) is 4.68 Å². The molecule has 4 rings (SSSR count). The Labute approximate surface area is 163 Å². The normalized spacial score (nSPS) is 20.9. The number of nitrogens with one attached hydrogen (secondary N) is 1. The van der Waals surface area contributed by atoms with Crippen molar-refractivity contribution in [1.82, 2.24) is 15.1 Å². The summed E-state index contributed by atoms with van der Waals surface area (Å²) in [5, 5.41) is 16.8. The van der Waals surface area contributed by atoms with Gasteiger partial charge in [0.1, 0.15) is 0 Å². The molecular weight excluding hydrogens is 358 g/mol. The van der Waals surface area contributed by atoms with Gasteiger partial charge in [-0.05, 0) is 49.8 Å². The second kappa shape index (κ2) is 7.39. The Kier molecular flexibility index (Phi) is 4.93. The van der Waals surface area contributed by atoms with E-state index in [1.54, 1.807) is 0 Å². The van der Waals surface area contributed by atoms with Gasteiger partial charge >= 0.3 is 5.97 Å². The number of hydrogen-bond acceptors (Lipinski definition) is 4. The van der Waals surface area contributed by atoms with Gasteiger partial charge in [0, 0.05) is 17.9 Å². The van der Waals surface area contributed by atoms with Gasteiger partial charge < -0.3 is 15.2 Å². The summed E-state index contributed by atoms with van der Waals surface area (Å²) in [6, 6.07) is 8.22. The van der Waals surface area contributed by atoms with Crippen LogP contribution in [0.15, 0.2) is 24.3 Å². The molecule has 1 fully saturated rings. The Bertz CT molecular complexity index is 895. The number of carboxylic acids is 1. The zero-order valence-corrected chi connectivity index (χ0v) is 16.0. The maximum atomic E-state index is 13.1. The van der Waals surface area contributed by atoms with Crippen molar-refractivity contribution < 1.29 is 19.4 Å². The van der Waals surface area contributed by atoms with Crippen molar-refractivity contribution in [3.63, 3.8) is 0 Å². The van der Waals surface area contributed by atoms with Crippen LogP contribution >= 0.6 is 0 Å². The fraction of sp³-hybridized carbons (Fsp3) is 0.476. The van der Waals surface area contributed by atoms with Crippen LogP contribution in [0.4, 0.5) is 0 Å². The van der Waals surface area contributed by atoms with Crippen molar-refractivity contribution in [2.24, 2.45) is 0 Å². The van der Waals surface area contributed by atoms with E-state index < -0.39 is 11.5 Å². The average molecular weight is 383 g/mol.